The summed E-state index contributed by atoms with van der Waals surface area (Å²) in [7, 11) is 0. The van der Waals surface area contributed by atoms with Crippen molar-refractivity contribution in [3.8, 4) is 11.1 Å². The molecule has 0 radical (unpaired) electrons. The first-order chi connectivity index (χ1) is 16.4. The van der Waals surface area contributed by atoms with Gasteiger partial charge in [0.05, 0.1) is 5.92 Å². The van der Waals surface area contributed by atoms with Crippen molar-refractivity contribution in [2.45, 2.75) is 25.7 Å². The van der Waals surface area contributed by atoms with Crippen LogP contribution in [0.5, 0.6) is 0 Å². The molecule has 1 aliphatic heterocycles. The number of hydrogen-bond acceptors (Lipinski definition) is 4. The van der Waals surface area contributed by atoms with Gasteiger partial charge >= 0.3 is 12.1 Å². The normalized spacial score (nSPS) is 23.0. The van der Waals surface area contributed by atoms with E-state index in [4.69, 9.17) is 9.84 Å². The van der Waals surface area contributed by atoms with Crippen molar-refractivity contribution in [3.05, 3.63) is 59.7 Å². The molecule has 3 aliphatic rings. The van der Waals surface area contributed by atoms with Gasteiger partial charge in [0.2, 0.25) is 5.91 Å². The van der Waals surface area contributed by atoms with Crippen LogP contribution in [0.25, 0.3) is 11.1 Å². The number of alkyl carbamates (subject to hydrolysis) is 1. The molecule has 0 spiro atoms. The van der Waals surface area contributed by atoms with Gasteiger partial charge in [0.15, 0.2) is 0 Å². The molecule has 7 nitrogen and oxygen atoms in total. The SMILES string of the molecule is CC(CCC(=O)N1CC2C(C1)C2C(=O)O)CNC(=O)OCC1c2ccccc2-c2ccccc21. The van der Waals surface area contributed by atoms with Crippen LogP contribution in [0.15, 0.2) is 48.5 Å². The molecule has 2 aromatic carbocycles. The highest BCUT2D eigenvalue weighted by Crippen LogP contribution is 2.51. The number of carboxylic acid groups (broad SMARTS) is 1. The van der Waals surface area contributed by atoms with E-state index in [2.05, 4.69) is 29.6 Å². The predicted molar refractivity (Wildman–Crippen MR) is 126 cm³/mol. The average molecular weight is 463 g/mol. The molecule has 2 aromatic rings. The number of amides is 2. The van der Waals surface area contributed by atoms with Gasteiger partial charge in [-0.25, -0.2) is 4.79 Å². The second-order valence-corrected chi connectivity index (χ2v) is 9.84. The summed E-state index contributed by atoms with van der Waals surface area (Å²) in [5, 5.41) is 11.9. The van der Waals surface area contributed by atoms with E-state index in [1.807, 2.05) is 31.2 Å². The quantitative estimate of drug-likeness (QED) is 0.623. The lowest BCUT2D eigenvalue weighted by molar-refractivity contribution is -0.141. The van der Waals surface area contributed by atoms with Crippen LogP contribution in [-0.4, -0.2) is 54.2 Å². The summed E-state index contributed by atoms with van der Waals surface area (Å²) in [6.07, 6.45) is 0.626. The van der Waals surface area contributed by atoms with Crippen LogP contribution < -0.4 is 5.32 Å². The fourth-order valence-corrected chi connectivity index (χ4v) is 5.63. The molecule has 7 heteroatoms. The monoisotopic (exact) mass is 462 g/mol. The lowest BCUT2D eigenvalue weighted by Crippen LogP contribution is -2.33. The Morgan fingerprint density at radius 1 is 1.03 bits per heavy atom. The number of rotatable bonds is 8. The highest BCUT2D eigenvalue weighted by molar-refractivity contribution is 5.80. The third kappa shape index (κ3) is 4.27. The smallest absolute Gasteiger partial charge is 0.407 e. The van der Waals surface area contributed by atoms with Gasteiger partial charge in [0.25, 0.3) is 0 Å². The number of benzene rings is 2. The molecule has 0 bridgehead atoms. The zero-order valence-corrected chi connectivity index (χ0v) is 19.3. The first-order valence-corrected chi connectivity index (χ1v) is 12.0. The lowest BCUT2D eigenvalue weighted by Gasteiger charge is -2.20. The minimum Gasteiger partial charge on any atom is -0.481 e. The van der Waals surface area contributed by atoms with E-state index in [9.17, 15) is 14.4 Å². The number of aliphatic carboxylic acids is 1. The van der Waals surface area contributed by atoms with Crippen LogP contribution in [0.1, 0.15) is 36.8 Å². The van der Waals surface area contributed by atoms with Crippen LogP contribution in [0.4, 0.5) is 4.79 Å². The molecule has 3 unspecified atom stereocenters. The van der Waals surface area contributed by atoms with Crippen molar-refractivity contribution in [3.63, 3.8) is 0 Å². The number of hydrogen-bond donors (Lipinski definition) is 2. The Balaban J connectivity index is 1.04. The summed E-state index contributed by atoms with van der Waals surface area (Å²) in [5.74, 6) is -0.499. The van der Waals surface area contributed by atoms with E-state index in [1.54, 1.807) is 4.90 Å². The topological polar surface area (TPSA) is 95.9 Å². The summed E-state index contributed by atoms with van der Waals surface area (Å²) in [4.78, 5) is 37.7. The molecule has 2 N–H and O–H groups in total. The number of nitrogens with zero attached hydrogens (tertiary/aromatic N) is 1. The number of carbonyl (C=O) groups is 3. The molecular weight excluding hydrogens is 432 g/mol. The second kappa shape index (κ2) is 9.12. The zero-order chi connectivity index (χ0) is 23.8. The summed E-state index contributed by atoms with van der Waals surface area (Å²) >= 11 is 0. The van der Waals surface area contributed by atoms with Crippen molar-refractivity contribution in [1.29, 1.82) is 0 Å². The summed E-state index contributed by atoms with van der Waals surface area (Å²) in [6, 6.07) is 16.5. The minimum absolute atomic E-state index is 0.0283. The van der Waals surface area contributed by atoms with Gasteiger partial charge in [-0.15, -0.1) is 0 Å². The maximum atomic E-state index is 12.4. The molecule has 2 aliphatic carbocycles. The Morgan fingerprint density at radius 2 is 1.62 bits per heavy atom. The molecule has 3 atom stereocenters. The van der Waals surface area contributed by atoms with Crippen LogP contribution in [0.3, 0.4) is 0 Å². The van der Waals surface area contributed by atoms with E-state index in [0.717, 1.165) is 0 Å². The summed E-state index contributed by atoms with van der Waals surface area (Å²) < 4.78 is 5.57. The van der Waals surface area contributed by atoms with E-state index < -0.39 is 12.1 Å². The van der Waals surface area contributed by atoms with E-state index >= 15 is 0 Å². The van der Waals surface area contributed by atoms with Crippen LogP contribution in [0, 0.1) is 23.7 Å². The Kier molecular flexibility index (Phi) is 6.02. The predicted octanol–water partition coefficient (Wildman–Crippen LogP) is 3.73. The van der Waals surface area contributed by atoms with Crippen molar-refractivity contribution in [2.24, 2.45) is 23.7 Å². The third-order valence-corrected chi connectivity index (χ3v) is 7.62. The van der Waals surface area contributed by atoms with Gasteiger partial charge in [-0.3, -0.25) is 9.59 Å². The molecule has 5 rings (SSSR count). The number of ether oxygens (including phenoxy) is 1. The maximum Gasteiger partial charge on any atom is 0.407 e. The van der Waals surface area contributed by atoms with Crippen LogP contribution in [0.2, 0.25) is 0 Å². The molecular formula is C27H30N2O5. The van der Waals surface area contributed by atoms with Crippen molar-refractivity contribution < 1.29 is 24.2 Å². The summed E-state index contributed by atoms with van der Waals surface area (Å²) in [5.41, 5.74) is 4.74. The lowest BCUT2D eigenvalue weighted by atomic mass is 9.98. The fraction of sp³-hybridized carbons (Fsp3) is 0.444. The van der Waals surface area contributed by atoms with Crippen molar-refractivity contribution >= 4 is 18.0 Å². The third-order valence-electron chi connectivity index (χ3n) is 7.62. The molecule has 1 saturated heterocycles. The van der Waals surface area contributed by atoms with Crippen molar-refractivity contribution in [2.75, 3.05) is 26.2 Å². The van der Waals surface area contributed by atoms with Crippen LogP contribution >= 0.6 is 0 Å². The Bertz CT molecular complexity index is 1060. The highest BCUT2D eigenvalue weighted by atomic mass is 16.5. The summed E-state index contributed by atoms with van der Waals surface area (Å²) in [6.45, 7) is 3.84. The van der Waals surface area contributed by atoms with E-state index in [-0.39, 0.29) is 42.1 Å². The Morgan fingerprint density at radius 3 is 2.21 bits per heavy atom. The molecule has 1 saturated carbocycles. The minimum atomic E-state index is -0.741. The number of carbonyl (C=O) groups excluding carboxylic acids is 2. The maximum absolute atomic E-state index is 12.4. The molecule has 2 fully saturated rings. The largest absolute Gasteiger partial charge is 0.481 e. The highest BCUT2D eigenvalue weighted by Gasteiger charge is 2.60. The molecule has 1 heterocycles. The van der Waals surface area contributed by atoms with E-state index in [1.165, 1.54) is 22.3 Å². The van der Waals surface area contributed by atoms with Gasteiger partial charge in [-0.2, -0.15) is 0 Å². The molecule has 178 valence electrons. The first kappa shape index (κ1) is 22.4. The fourth-order valence-electron chi connectivity index (χ4n) is 5.63. The number of nitrogens with one attached hydrogen (secondary N) is 1. The first-order valence-electron chi connectivity index (χ1n) is 12.0. The van der Waals surface area contributed by atoms with E-state index in [0.29, 0.717) is 32.5 Å². The van der Waals surface area contributed by atoms with Crippen LogP contribution in [-0.2, 0) is 14.3 Å². The number of carboxylic acids is 1. The number of fused-ring (bicyclic) bond motifs is 4. The van der Waals surface area contributed by atoms with Gasteiger partial charge in [-0.05, 0) is 46.4 Å². The average Bonchev–Trinajstić information content (AvgIpc) is 3.20. The zero-order valence-electron chi connectivity index (χ0n) is 19.3. The second-order valence-electron chi connectivity index (χ2n) is 9.84. The number of piperidine rings is 1. The molecule has 2 amide bonds. The Hall–Kier alpha value is -3.35. The van der Waals surface area contributed by atoms with Gasteiger partial charge in [0, 0.05) is 32.0 Å². The Labute approximate surface area is 199 Å². The molecule has 34 heavy (non-hydrogen) atoms. The standard InChI is InChI=1S/C27H30N2O5/c1-16(10-11-24(30)29-13-21-22(14-29)25(21)26(31)32)12-28-27(33)34-15-23-19-8-4-2-6-17(19)18-7-3-5-9-20(18)23/h2-9,16,21-23,25H,10-15H2,1H3,(H,28,33)(H,31,32). The van der Waals surface area contributed by atoms with Gasteiger partial charge in [-0.1, -0.05) is 55.5 Å². The number of likely N-dealkylation sites (tertiary alicyclic amines) is 1. The van der Waals surface area contributed by atoms with Gasteiger partial charge < -0.3 is 20.1 Å². The molecule has 0 aromatic heterocycles. The van der Waals surface area contributed by atoms with Gasteiger partial charge in [0.1, 0.15) is 6.61 Å². The van der Waals surface area contributed by atoms with Crippen molar-refractivity contribution in [1.82, 2.24) is 10.2 Å².